The number of nitrogens with one attached hydrogen (secondary N) is 2. The molecule has 0 unspecified atom stereocenters. The van der Waals surface area contributed by atoms with Crippen molar-refractivity contribution >= 4 is 11.6 Å². The maximum Gasteiger partial charge on any atom is 0.279 e. The number of aromatic amines is 1. The van der Waals surface area contributed by atoms with Crippen LogP contribution in [0.15, 0.2) is 53.3 Å². The number of ether oxygens (including phenoxy) is 2. The summed E-state index contributed by atoms with van der Waals surface area (Å²) < 4.78 is 10.3. The highest BCUT2D eigenvalue weighted by Gasteiger charge is 2.08. The van der Waals surface area contributed by atoms with Crippen LogP contribution in [0.5, 0.6) is 11.5 Å². The molecule has 2 N–H and O–H groups in total. The van der Waals surface area contributed by atoms with Crippen molar-refractivity contribution < 1.29 is 9.47 Å². The molecule has 0 saturated heterocycles. The summed E-state index contributed by atoms with van der Waals surface area (Å²) in [4.78, 5) is 14.9. The number of aromatic nitrogens is 3. The Morgan fingerprint density at radius 1 is 0.958 bits per heavy atom. The number of methoxy groups -OCH3 is 2. The molecule has 0 aliphatic carbocycles. The first-order valence-corrected chi connectivity index (χ1v) is 7.22. The highest BCUT2D eigenvalue weighted by molar-refractivity contribution is 5.60. The van der Waals surface area contributed by atoms with Crippen LogP contribution in [0, 0.1) is 0 Å². The van der Waals surface area contributed by atoms with E-state index in [4.69, 9.17) is 9.47 Å². The van der Waals surface area contributed by atoms with Gasteiger partial charge in [-0.05, 0) is 36.4 Å². The van der Waals surface area contributed by atoms with Gasteiger partial charge in [-0.1, -0.05) is 6.07 Å². The van der Waals surface area contributed by atoms with Crippen molar-refractivity contribution in [3.8, 4) is 22.8 Å². The van der Waals surface area contributed by atoms with Gasteiger partial charge < -0.3 is 14.8 Å². The Morgan fingerprint density at radius 3 is 2.38 bits per heavy atom. The van der Waals surface area contributed by atoms with Crippen LogP contribution in [-0.4, -0.2) is 29.4 Å². The molecule has 122 valence electrons. The van der Waals surface area contributed by atoms with Gasteiger partial charge in [0.05, 0.1) is 14.2 Å². The number of rotatable bonds is 5. The second-order valence-electron chi connectivity index (χ2n) is 4.94. The van der Waals surface area contributed by atoms with E-state index in [9.17, 15) is 4.79 Å². The highest BCUT2D eigenvalue weighted by atomic mass is 16.5. The Kier molecular flexibility index (Phi) is 4.42. The second-order valence-corrected chi connectivity index (χ2v) is 4.94. The van der Waals surface area contributed by atoms with Crippen LogP contribution < -0.4 is 20.3 Å². The quantitative estimate of drug-likeness (QED) is 0.750. The van der Waals surface area contributed by atoms with Crippen molar-refractivity contribution in [2.45, 2.75) is 0 Å². The first-order valence-electron chi connectivity index (χ1n) is 7.22. The molecule has 24 heavy (non-hydrogen) atoms. The molecule has 0 radical (unpaired) electrons. The average molecular weight is 324 g/mol. The predicted octanol–water partition coefficient (Wildman–Crippen LogP) is 2.59. The largest absolute Gasteiger partial charge is 0.497 e. The van der Waals surface area contributed by atoms with Crippen molar-refractivity contribution in [3.05, 3.63) is 58.9 Å². The Morgan fingerprint density at radius 2 is 1.71 bits per heavy atom. The van der Waals surface area contributed by atoms with Crippen LogP contribution in [-0.2, 0) is 0 Å². The predicted molar refractivity (Wildman–Crippen MR) is 90.9 cm³/mol. The molecular formula is C17H16N4O3. The van der Waals surface area contributed by atoms with Crippen LogP contribution in [0.25, 0.3) is 11.3 Å². The maximum absolute atomic E-state index is 12.3. The van der Waals surface area contributed by atoms with Gasteiger partial charge in [0, 0.05) is 17.3 Å². The summed E-state index contributed by atoms with van der Waals surface area (Å²) in [5.74, 6) is 1.66. The highest BCUT2D eigenvalue weighted by Crippen LogP contribution is 2.20. The molecule has 3 aromatic rings. The molecule has 0 atom stereocenters. The van der Waals surface area contributed by atoms with Gasteiger partial charge in [0.25, 0.3) is 5.56 Å². The molecule has 0 aliphatic rings. The number of anilines is 2. The lowest BCUT2D eigenvalue weighted by Gasteiger charge is -2.07. The molecule has 0 saturated carbocycles. The minimum absolute atomic E-state index is 0.244. The van der Waals surface area contributed by atoms with E-state index >= 15 is 0 Å². The van der Waals surface area contributed by atoms with E-state index in [0.29, 0.717) is 17.1 Å². The SMILES string of the molecule is COc1ccc(-c2nnc(Nc3cccc(OC)c3)[nH]c2=O)cc1. The van der Waals surface area contributed by atoms with E-state index in [0.717, 1.165) is 5.69 Å². The molecule has 0 amide bonds. The standard InChI is InChI=1S/C17H16N4O3/c1-23-13-8-6-11(7-9-13)15-16(22)19-17(21-20-15)18-12-4-3-5-14(10-12)24-2/h3-10H,1-2H3,(H2,18,19,21,22). The minimum Gasteiger partial charge on any atom is -0.497 e. The fourth-order valence-corrected chi connectivity index (χ4v) is 2.17. The third-order valence-corrected chi connectivity index (χ3v) is 3.39. The van der Waals surface area contributed by atoms with Gasteiger partial charge in [0.15, 0.2) is 5.69 Å². The zero-order chi connectivity index (χ0) is 16.9. The lowest BCUT2D eigenvalue weighted by atomic mass is 10.1. The molecule has 1 heterocycles. The average Bonchev–Trinajstić information content (AvgIpc) is 2.62. The molecular weight excluding hydrogens is 308 g/mol. The lowest BCUT2D eigenvalue weighted by molar-refractivity contribution is 0.415. The van der Waals surface area contributed by atoms with Crippen molar-refractivity contribution in [3.63, 3.8) is 0 Å². The smallest absolute Gasteiger partial charge is 0.279 e. The first-order chi connectivity index (χ1) is 11.7. The van der Waals surface area contributed by atoms with Gasteiger partial charge in [-0.3, -0.25) is 9.78 Å². The van der Waals surface area contributed by atoms with Gasteiger partial charge in [-0.15, -0.1) is 10.2 Å². The molecule has 0 spiro atoms. The fourth-order valence-electron chi connectivity index (χ4n) is 2.17. The molecule has 7 heteroatoms. The summed E-state index contributed by atoms with van der Waals surface area (Å²) in [6.07, 6.45) is 0. The Bertz CT molecular complexity index is 891. The normalized spacial score (nSPS) is 10.2. The van der Waals surface area contributed by atoms with Crippen LogP contribution >= 0.6 is 0 Å². The summed E-state index contributed by atoms with van der Waals surface area (Å²) in [6, 6.07) is 14.3. The lowest BCUT2D eigenvalue weighted by Crippen LogP contribution is -2.15. The van der Waals surface area contributed by atoms with Gasteiger partial charge in [0.1, 0.15) is 11.5 Å². The maximum atomic E-state index is 12.3. The third-order valence-electron chi connectivity index (χ3n) is 3.39. The molecule has 2 aromatic carbocycles. The van der Waals surface area contributed by atoms with E-state index in [1.54, 1.807) is 44.6 Å². The van der Waals surface area contributed by atoms with E-state index in [-0.39, 0.29) is 17.2 Å². The Hall–Kier alpha value is -3.35. The first kappa shape index (κ1) is 15.5. The van der Waals surface area contributed by atoms with Crippen molar-refractivity contribution in [1.29, 1.82) is 0 Å². The van der Waals surface area contributed by atoms with Gasteiger partial charge in [-0.25, -0.2) is 0 Å². The number of hydrogen-bond acceptors (Lipinski definition) is 6. The zero-order valence-electron chi connectivity index (χ0n) is 13.2. The van der Waals surface area contributed by atoms with Crippen LogP contribution in [0.4, 0.5) is 11.6 Å². The van der Waals surface area contributed by atoms with Crippen molar-refractivity contribution in [2.24, 2.45) is 0 Å². The second kappa shape index (κ2) is 6.82. The van der Waals surface area contributed by atoms with Gasteiger partial charge in [-0.2, -0.15) is 0 Å². The van der Waals surface area contributed by atoms with Gasteiger partial charge >= 0.3 is 0 Å². The molecule has 0 fully saturated rings. The van der Waals surface area contributed by atoms with E-state index in [1.165, 1.54) is 0 Å². The number of benzene rings is 2. The number of hydrogen-bond donors (Lipinski definition) is 2. The molecule has 0 bridgehead atoms. The summed E-state index contributed by atoms with van der Waals surface area (Å²) in [5, 5.41) is 11.0. The topological polar surface area (TPSA) is 89.1 Å². The molecule has 3 rings (SSSR count). The van der Waals surface area contributed by atoms with E-state index in [1.807, 2.05) is 18.2 Å². The Labute approximate surface area is 138 Å². The van der Waals surface area contributed by atoms with Gasteiger partial charge in [0.2, 0.25) is 5.95 Å². The summed E-state index contributed by atoms with van der Waals surface area (Å²) in [7, 11) is 3.17. The van der Waals surface area contributed by atoms with Crippen molar-refractivity contribution in [1.82, 2.24) is 15.2 Å². The number of nitrogens with zero attached hydrogens (tertiary/aromatic N) is 2. The Balaban J connectivity index is 1.85. The number of H-pyrrole nitrogens is 1. The summed E-state index contributed by atoms with van der Waals surface area (Å²) in [5.41, 5.74) is 1.31. The summed E-state index contributed by atoms with van der Waals surface area (Å²) in [6.45, 7) is 0. The minimum atomic E-state index is -0.333. The molecule has 1 aromatic heterocycles. The fraction of sp³-hybridized carbons (Fsp3) is 0.118. The van der Waals surface area contributed by atoms with E-state index < -0.39 is 0 Å². The van der Waals surface area contributed by atoms with Crippen LogP contribution in [0.1, 0.15) is 0 Å². The van der Waals surface area contributed by atoms with E-state index in [2.05, 4.69) is 20.5 Å². The van der Waals surface area contributed by atoms with Crippen molar-refractivity contribution in [2.75, 3.05) is 19.5 Å². The van der Waals surface area contributed by atoms with Crippen LogP contribution in [0.3, 0.4) is 0 Å². The van der Waals surface area contributed by atoms with Crippen LogP contribution in [0.2, 0.25) is 0 Å². The monoisotopic (exact) mass is 324 g/mol. The summed E-state index contributed by atoms with van der Waals surface area (Å²) >= 11 is 0. The zero-order valence-corrected chi connectivity index (χ0v) is 13.2. The molecule has 7 nitrogen and oxygen atoms in total. The third kappa shape index (κ3) is 3.35. The molecule has 0 aliphatic heterocycles.